The molecule has 2 rings (SSSR count). The number of hydrogen-bond donors (Lipinski definition) is 1. The molecule has 0 amide bonds. The third-order valence-corrected chi connectivity index (χ3v) is 2.80. The van der Waals surface area contributed by atoms with Gasteiger partial charge in [0.25, 0.3) is 0 Å². The fraction of sp³-hybridized carbons (Fsp3) is 0.250. The molecule has 2 aromatic heterocycles. The van der Waals surface area contributed by atoms with Gasteiger partial charge in [-0.15, -0.1) is 11.3 Å². The van der Waals surface area contributed by atoms with Crippen molar-refractivity contribution in [3.8, 4) is 0 Å². The van der Waals surface area contributed by atoms with Crippen LogP contribution in [0, 0.1) is 0 Å². The van der Waals surface area contributed by atoms with Gasteiger partial charge in [0, 0.05) is 16.3 Å². The molecular formula is C8H10N4S. The van der Waals surface area contributed by atoms with Crippen LogP contribution in [-0.2, 0) is 13.1 Å². The van der Waals surface area contributed by atoms with E-state index in [-0.39, 0.29) is 0 Å². The molecule has 0 atom stereocenters. The molecule has 0 radical (unpaired) electrons. The largest absolute Gasteiger partial charge is 0.326 e. The molecular weight excluding hydrogens is 184 g/mol. The maximum Gasteiger partial charge on any atom is 0.137 e. The summed E-state index contributed by atoms with van der Waals surface area (Å²) in [4.78, 5) is 6.34. The van der Waals surface area contributed by atoms with Crippen LogP contribution in [0.25, 0.3) is 0 Å². The average molecular weight is 194 g/mol. The van der Waals surface area contributed by atoms with Crippen LogP contribution in [0.4, 0.5) is 0 Å². The van der Waals surface area contributed by atoms with Gasteiger partial charge < -0.3 is 5.73 Å². The van der Waals surface area contributed by atoms with E-state index in [2.05, 4.69) is 22.2 Å². The van der Waals surface area contributed by atoms with Gasteiger partial charge in [0.15, 0.2) is 0 Å². The van der Waals surface area contributed by atoms with Crippen LogP contribution in [0.15, 0.2) is 24.8 Å². The lowest BCUT2D eigenvalue weighted by atomic mass is 10.4. The minimum absolute atomic E-state index is 0.613. The molecule has 0 saturated carbocycles. The van der Waals surface area contributed by atoms with Crippen LogP contribution in [0.1, 0.15) is 9.75 Å². The predicted octanol–water partition coefficient (Wildman–Crippen LogP) is 0.847. The highest BCUT2D eigenvalue weighted by molar-refractivity contribution is 7.11. The lowest BCUT2D eigenvalue weighted by Gasteiger charge is -1.95. The van der Waals surface area contributed by atoms with Crippen molar-refractivity contribution in [3.05, 3.63) is 34.5 Å². The van der Waals surface area contributed by atoms with Crippen molar-refractivity contribution in [1.82, 2.24) is 14.8 Å². The molecule has 68 valence electrons. The van der Waals surface area contributed by atoms with E-state index in [4.69, 9.17) is 5.73 Å². The van der Waals surface area contributed by atoms with Gasteiger partial charge in [0.05, 0.1) is 6.54 Å². The van der Waals surface area contributed by atoms with Gasteiger partial charge in [-0.3, -0.25) is 0 Å². The second kappa shape index (κ2) is 3.68. The van der Waals surface area contributed by atoms with Crippen molar-refractivity contribution in [2.45, 2.75) is 13.1 Å². The lowest BCUT2D eigenvalue weighted by Crippen LogP contribution is -1.97. The molecule has 0 spiro atoms. The number of rotatable bonds is 3. The third kappa shape index (κ3) is 1.93. The van der Waals surface area contributed by atoms with Crippen molar-refractivity contribution in [1.29, 1.82) is 0 Å². The average Bonchev–Trinajstić information content (AvgIpc) is 2.76. The zero-order valence-corrected chi connectivity index (χ0v) is 7.87. The Morgan fingerprint density at radius 3 is 2.85 bits per heavy atom. The van der Waals surface area contributed by atoms with Crippen molar-refractivity contribution in [2.75, 3.05) is 0 Å². The highest BCUT2D eigenvalue weighted by atomic mass is 32.1. The summed E-state index contributed by atoms with van der Waals surface area (Å²) in [6.45, 7) is 1.40. The maximum atomic E-state index is 5.51. The Hall–Kier alpha value is -1.20. The third-order valence-electron chi connectivity index (χ3n) is 1.70. The van der Waals surface area contributed by atoms with E-state index in [0.29, 0.717) is 6.54 Å². The Balaban J connectivity index is 2.10. The fourth-order valence-corrected chi connectivity index (χ4v) is 1.98. The van der Waals surface area contributed by atoms with Crippen LogP contribution < -0.4 is 5.73 Å². The minimum atomic E-state index is 0.613. The van der Waals surface area contributed by atoms with Gasteiger partial charge in [-0.25, -0.2) is 9.67 Å². The van der Waals surface area contributed by atoms with E-state index in [1.54, 1.807) is 22.3 Å². The van der Waals surface area contributed by atoms with Crippen LogP contribution in [0.2, 0.25) is 0 Å². The van der Waals surface area contributed by atoms with E-state index >= 15 is 0 Å². The number of nitrogens with zero attached hydrogens (tertiary/aromatic N) is 3. The van der Waals surface area contributed by atoms with Crippen molar-refractivity contribution in [3.63, 3.8) is 0 Å². The minimum Gasteiger partial charge on any atom is -0.326 e. The van der Waals surface area contributed by atoms with Gasteiger partial charge in [0.2, 0.25) is 0 Å². The first kappa shape index (κ1) is 8.40. The Bertz CT molecular complexity index is 365. The smallest absolute Gasteiger partial charge is 0.137 e. The molecule has 0 aliphatic heterocycles. The van der Waals surface area contributed by atoms with Crippen molar-refractivity contribution >= 4 is 11.3 Å². The number of nitrogens with two attached hydrogens (primary N) is 1. The summed E-state index contributed by atoms with van der Waals surface area (Å²) in [6, 6.07) is 4.13. The highest BCUT2D eigenvalue weighted by Crippen LogP contribution is 2.16. The molecule has 0 aliphatic carbocycles. The zero-order chi connectivity index (χ0) is 9.10. The summed E-state index contributed by atoms with van der Waals surface area (Å²) < 4.78 is 1.80. The van der Waals surface area contributed by atoms with Gasteiger partial charge in [-0.1, -0.05) is 0 Å². The van der Waals surface area contributed by atoms with Gasteiger partial charge >= 0.3 is 0 Å². The summed E-state index contributed by atoms with van der Waals surface area (Å²) >= 11 is 1.72. The molecule has 2 aromatic rings. The molecule has 13 heavy (non-hydrogen) atoms. The summed E-state index contributed by atoms with van der Waals surface area (Å²) in [6.07, 6.45) is 3.25. The molecule has 4 nitrogen and oxygen atoms in total. The first-order chi connectivity index (χ1) is 6.38. The van der Waals surface area contributed by atoms with E-state index in [0.717, 1.165) is 6.54 Å². The summed E-state index contributed by atoms with van der Waals surface area (Å²) in [5.74, 6) is 0. The molecule has 0 aromatic carbocycles. The van der Waals surface area contributed by atoms with E-state index in [1.807, 2.05) is 0 Å². The standard InChI is InChI=1S/C8H10N4S/c9-3-7-1-2-8(13-7)4-12-6-10-5-11-12/h1-2,5-6H,3-4,9H2. The highest BCUT2D eigenvalue weighted by Gasteiger charge is 1.99. The summed E-state index contributed by atoms with van der Waals surface area (Å²) in [7, 11) is 0. The molecule has 2 heterocycles. The predicted molar refractivity (Wildman–Crippen MR) is 51.3 cm³/mol. The molecule has 0 saturated heterocycles. The Morgan fingerprint density at radius 2 is 2.23 bits per heavy atom. The first-order valence-corrected chi connectivity index (χ1v) is 4.80. The number of thiophene rings is 1. The Kier molecular flexibility index (Phi) is 2.37. The topological polar surface area (TPSA) is 56.7 Å². The van der Waals surface area contributed by atoms with Crippen molar-refractivity contribution in [2.24, 2.45) is 5.73 Å². The quantitative estimate of drug-likeness (QED) is 0.788. The lowest BCUT2D eigenvalue weighted by molar-refractivity contribution is 0.693. The monoisotopic (exact) mass is 194 g/mol. The normalized spacial score (nSPS) is 10.5. The second-order valence-corrected chi connectivity index (χ2v) is 3.92. The first-order valence-electron chi connectivity index (χ1n) is 3.98. The second-order valence-electron chi connectivity index (χ2n) is 2.67. The number of aromatic nitrogens is 3. The van der Waals surface area contributed by atoms with Gasteiger partial charge in [-0.2, -0.15) is 5.10 Å². The maximum absolute atomic E-state index is 5.51. The van der Waals surface area contributed by atoms with Crippen LogP contribution >= 0.6 is 11.3 Å². The van der Waals surface area contributed by atoms with E-state index in [9.17, 15) is 0 Å². The Labute approximate surface area is 80.0 Å². The molecule has 2 N–H and O–H groups in total. The molecule has 0 aliphatic rings. The Morgan fingerprint density at radius 1 is 1.38 bits per heavy atom. The van der Waals surface area contributed by atoms with E-state index < -0.39 is 0 Å². The van der Waals surface area contributed by atoms with Crippen LogP contribution in [-0.4, -0.2) is 14.8 Å². The molecule has 0 bridgehead atoms. The van der Waals surface area contributed by atoms with Crippen LogP contribution in [0.3, 0.4) is 0 Å². The molecule has 0 unspecified atom stereocenters. The van der Waals surface area contributed by atoms with Crippen molar-refractivity contribution < 1.29 is 0 Å². The molecule has 0 fully saturated rings. The fourth-order valence-electron chi connectivity index (χ4n) is 1.09. The van der Waals surface area contributed by atoms with Gasteiger partial charge in [-0.05, 0) is 12.1 Å². The summed E-state index contributed by atoms with van der Waals surface area (Å²) in [5, 5.41) is 4.03. The summed E-state index contributed by atoms with van der Waals surface area (Å²) in [5.41, 5.74) is 5.51. The van der Waals surface area contributed by atoms with E-state index in [1.165, 1.54) is 16.1 Å². The number of hydrogen-bond acceptors (Lipinski definition) is 4. The SMILES string of the molecule is NCc1ccc(Cn2cncn2)s1. The van der Waals surface area contributed by atoms with Crippen LogP contribution in [0.5, 0.6) is 0 Å². The molecule has 5 heteroatoms. The van der Waals surface area contributed by atoms with Gasteiger partial charge in [0.1, 0.15) is 12.7 Å². The zero-order valence-electron chi connectivity index (χ0n) is 7.05.